The number of thioether (sulfide) groups is 1. The lowest BCUT2D eigenvalue weighted by Crippen LogP contribution is -1.79. The molecule has 0 aliphatic rings. The van der Waals surface area contributed by atoms with Gasteiger partial charge in [-0.25, -0.2) is 0 Å². The number of benzene rings is 1. The summed E-state index contributed by atoms with van der Waals surface area (Å²) in [7, 11) is 0. The largest absolute Gasteiger partial charge is 0.133 e. The summed E-state index contributed by atoms with van der Waals surface area (Å²) in [5.74, 6) is 0. The normalized spacial score (nSPS) is 11.1. The Labute approximate surface area is 106 Å². The molecule has 0 radical (unpaired) electrons. The summed E-state index contributed by atoms with van der Waals surface area (Å²) in [6.45, 7) is 0. The number of thiophene rings is 1. The second-order valence-electron chi connectivity index (χ2n) is 2.93. The van der Waals surface area contributed by atoms with Crippen molar-refractivity contribution in [3.8, 4) is 0 Å². The van der Waals surface area contributed by atoms with E-state index >= 15 is 0 Å². The quantitative estimate of drug-likeness (QED) is 0.472. The molecule has 1 aromatic heterocycles. The van der Waals surface area contributed by atoms with E-state index < -0.39 is 0 Å². The SMILES string of the molecule is CSc1cc(CBr)cc2sc(S)cc12. The Kier molecular flexibility index (Phi) is 3.47. The molecule has 74 valence electrons. The van der Waals surface area contributed by atoms with Crippen molar-refractivity contribution < 1.29 is 0 Å². The number of fused-ring (bicyclic) bond motifs is 1. The summed E-state index contributed by atoms with van der Waals surface area (Å²) in [5.41, 5.74) is 1.33. The molecule has 0 nitrogen and oxygen atoms in total. The van der Waals surface area contributed by atoms with Crippen LogP contribution in [0.2, 0.25) is 0 Å². The van der Waals surface area contributed by atoms with Crippen LogP contribution < -0.4 is 0 Å². The number of halogens is 1. The molecule has 0 saturated heterocycles. The van der Waals surface area contributed by atoms with Crippen LogP contribution in [-0.4, -0.2) is 6.26 Å². The van der Waals surface area contributed by atoms with Gasteiger partial charge in [0.15, 0.2) is 0 Å². The average Bonchev–Trinajstić information content (AvgIpc) is 2.56. The molecule has 0 aliphatic heterocycles. The Morgan fingerprint density at radius 2 is 2.21 bits per heavy atom. The molecule has 0 saturated carbocycles. The van der Waals surface area contributed by atoms with E-state index in [0.717, 1.165) is 9.54 Å². The first-order chi connectivity index (χ1) is 6.74. The minimum atomic E-state index is 0.913. The van der Waals surface area contributed by atoms with Gasteiger partial charge >= 0.3 is 0 Å². The van der Waals surface area contributed by atoms with E-state index in [1.54, 1.807) is 23.1 Å². The average molecular weight is 305 g/mol. The third-order valence-electron chi connectivity index (χ3n) is 2.02. The van der Waals surface area contributed by atoms with Crippen molar-refractivity contribution in [2.45, 2.75) is 14.4 Å². The molecule has 4 heteroatoms. The van der Waals surface area contributed by atoms with Crippen LogP contribution in [0, 0.1) is 0 Å². The maximum atomic E-state index is 4.39. The fourth-order valence-corrected chi connectivity index (χ4v) is 3.76. The van der Waals surface area contributed by atoms with E-state index in [9.17, 15) is 0 Å². The number of hydrogen-bond donors (Lipinski definition) is 1. The Hall–Kier alpha value is 0.360. The second-order valence-corrected chi connectivity index (χ2v) is 6.21. The molecule has 0 atom stereocenters. The van der Waals surface area contributed by atoms with Gasteiger partial charge in [-0.15, -0.1) is 35.7 Å². The second kappa shape index (κ2) is 4.47. The van der Waals surface area contributed by atoms with Crippen LogP contribution in [0.15, 0.2) is 27.3 Å². The number of alkyl halides is 1. The van der Waals surface area contributed by atoms with E-state index in [4.69, 9.17) is 0 Å². The van der Waals surface area contributed by atoms with Crippen molar-refractivity contribution in [2.75, 3.05) is 6.26 Å². The Bertz CT molecular complexity index is 462. The zero-order valence-electron chi connectivity index (χ0n) is 7.58. The first-order valence-electron chi connectivity index (χ1n) is 4.10. The molecule has 0 unspecified atom stereocenters. The van der Waals surface area contributed by atoms with Crippen molar-refractivity contribution in [2.24, 2.45) is 0 Å². The topological polar surface area (TPSA) is 0 Å². The van der Waals surface area contributed by atoms with Crippen LogP contribution in [0.1, 0.15) is 5.56 Å². The van der Waals surface area contributed by atoms with E-state index in [1.807, 2.05) is 0 Å². The van der Waals surface area contributed by atoms with Gasteiger partial charge in [-0.1, -0.05) is 15.9 Å². The third-order valence-corrected chi connectivity index (χ3v) is 4.73. The number of thiol groups is 1. The predicted molar refractivity (Wildman–Crippen MR) is 73.5 cm³/mol. The maximum Gasteiger partial charge on any atom is 0.0581 e. The highest BCUT2D eigenvalue weighted by Crippen LogP contribution is 2.35. The molecule has 0 aliphatic carbocycles. The minimum absolute atomic E-state index is 0.913. The van der Waals surface area contributed by atoms with E-state index in [1.165, 1.54) is 20.5 Å². The van der Waals surface area contributed by atoms with Crippen molar-refractivity contribution >= 4 is 61.7 Å². The molecular weight excluding hydrogens is 296 g/mol. The van der Waals surface area contributed by atoms with Crippen LogP contribution >= 0.6 is 51.7 Å². The van der Waals surface area contributed by atoms with Gasteiger partial charge < -0.3 is 0 Å². The van der Waals surface area contributed by atoms with E-state index in [2.05, 4.69) is 53.0 Å². The Morgan fingerprint density at radius 3 is 2.86 bits per heavy atom. The monoisotopic (exact) mass is 304 g/mol. The van der Waals surface area contributed by atoms with Gasteiger partial charge in [-0.05, 0) is 30.0 Å². The maximum absolute atomic E-state index is 4.39. The van der Waals surface area contributed by atoms with Crippen LogP contribution in [0.25, 0.3) is 10.1 Å². The van der Waals surface area contributed by atoms with Crippen LogP contribution in [0.4, 0.5) is 0 Å². The molecular formula is C10H9BrS3. The zero-order chi connectivity index (χ0) is 10.1. The summed E-state index contributed by atoms with van der Waals surface area (Å²) in [6, 6.07) is 6.61. The zero-order valence-corrected chi connectivity index (χ0v) is 11.7. The van der Waals surface area contributed by atoms with Crippen molar-refractivity contribution in [1.29, 1.82) is 0 Å². The lowest BCUT2D eigenvalue weighted by atomic mass is 10.2. The molecule has 2 rings (SSSR count). The lowest BCUT2D eigenvalue weighted by Gasteiger charge is -2.02. The first kappa shape index (κ1) is 10.9. The molecule has 1 aromatic carbocycles. The molecule has 1 heterocycles. The molecule has 0 amide bonds. The van der Waals surface area contributed by atoms with Gasteiger partial charge in [0, 0.05) is 20.3 Å². The number of rotatable bonds is 2. The minimum Gasteiger partial charge on any atom is -0.133 e. The highest BCUT2D eigenvalue weighted by molar-refractivity contribution is 9.08. The summed E-state index contributed by atoms with van der Waals surface area (Å²) in [6.07, 6.45) is 2.11. The summed E-state index contributed by atoms with van der Waals surface area (Å²) >= 11 is 11.4. The molecule has 0 fully saturated rings. The lowest BCUT2D eigenvalue weighted by molar-refractivity contribution is 1.40. The standard InChI is InChI=1S/C10H9BrS3/c1-13-8-2-6(5-11)3-9-7(8)4-10(12)14-9/h2-4,12H,5H2,1H3. The van der Waals surface area contributed by atoms with Crippen molar-refractivity contribution in [1.82, 2.24) is 0 Å². The Morgan fingerprint density at radius 1 is 1.43 bits per heavy atom. The fourth-order valence-electron chi connectivity index (χ4n) is 1.39. The molecule has 0 bridgehead atoms. The predicted octanol–water partition coefficient (Wildman–Crippen LogP) is 4.81. The van der Waals surface area contributed by atoms with Crippen LogP contribution in [0.3, 0.4) is 0 Å². The molecule has 2 aromatic rings. The van der Waals surface area contributed by atoms with Crippen LogP contribution in [0.5, 0.6) is 0 Å². The highest BCUT2D eigenvalue weighted by atomic mass is 79.9. The van der Waals surface area contributed by atoms with Crippen LogP contribution in [-0.2, 0) is 5.33 Å². The van der Waals surface area contributed by atoms with Gasteiger partial charge in [-0.2, -0.15) is 0 Å². The van der Waals surface area contributed by atoms with Gasteiger partial charge in [0.1, 0.15) is 0 Å². The Balaban J connectivity index is 2.72. The molecule has 14 heavy (non-hydrogen) atoms. The van der Waals surface area contributed by atoms with Gasteiger partial charge in [0.25, 0.3) is 0 Å². The van der Waals surface area contributed by atoms with Crippen molar-refractivity contribution in [3.05, 3.63) is 23.8 Å². The summed E-state index contributed by atoms with van der Waals surface area (Å²) in [5, 5.41) is 2.24. The fraction of sp³-hybridized carbons (Fsp3) is 0.200. The van der Waals surface area contributed by atoms with Gasteiger partial charge in [0.05, 0.1) is 4.21 Å². The third kappa shape index (κ3) is 1.98. The smallest absolute Gasteiger partial charge is 0.0581 e. The molecule has 0 spiro atoms. The first-order valence-corrected chi connectivity index (χ1v) is 7.71. The number of hydrogen-bond acceptors (Lipinski definition) is 3. The van der Waals surface area contributed by atoms with Crippen molar-refractivity contribution in [3.63, 3.8) is 0 Å². The summed E-state index contributed by atoms with van der Waals surface area (Å²) < 4.78 is 2.42. The molecule has 0 N–H and O–H groups in total. The highest BCUT2D eigenvalue weighted by Gasteiger charge is 2.06. The summed E-state index contributed by atoms with van der Waals surface area (Å²) in [4.78, 5) is 1.34. The van der Waals surface area contributed by atoms with E-state index in [-0.39, 0.29) is 0 Å². The van der Waals surface area contributed by atoms with Gasteiger partial charge in [-0.3, -0.25) is 0 Å². The van der Waals surface area contributed by atoms with Gasteiger partial charge in [0.2, 0.25) is 0 Å². The van der Waals surface area contributed by atoms with E-state index in [0.29, 0.717) is 0 Å².